The molecule has 104 valence electrons. The number of rotatable bonds is 5. The maximum Gasteiger partial charge on any atom is 0.316 e. The molecule has 18 heavy (non-hydrogen) atoms. The number of nitrogens with zero attached hydrogens (tertiary/aromatic N) is 1. The van der Waals surface area contributed by atoms with Gasteiger partial charge in [0.05, 0.1) is 0 Å². The summed E-state index contributed by atoms with van der Waals surface area (Å²) in [6, 6.07) is 0. The van der Waals surface area contributed by atoms with Crippen LogP contribution < -0.4 is 5.32 Å². The molecule has 0 aromatic heterocycles. The van der Waals surface area contributed by atoms with Crippen molar-refractivity contribution in [3.05, 3.63) is 0 Å². The van der Waals surface area contributed by atoms with Gasteiger partial charge in [0, 0.05) is 27.1 Å². The summed E-state index contributed by atoms with van der Waals surface area (Å²) < 4.78 is 0. The second-order valence-corrected chi connectivity index (χ2v) is 5.47. The molecule has 0 saturated heterocycles. The average Bonchev–Trinajstić information content (AvgIpc) is 2.13. The van der Waals surface area contributed by atoms with Gasteiger partial charge in [-0.1, -0.05) is 20.8 Å². The van der Waals surface area contributed by atoms with Crippen LogP contribution in [0.3, 0.4) is 0 Å². The van der Waals surface area contributed by atoms with E-state index in [1.165, 1.54) is 4.90 Å². The van der Waals surface area contributed by atoms with E-state index in [1.54, 1.807) is 34.9 Å². The van der Waals surface area contributed by atoms with Crippen LogP contribution in [0.15, 0.2) is 0 Å². The highest BCUT2D eigenvalue weighted by molar-refractivity contribution is 5.97. The zero-order valence-corrected chi connectivity index (χ0v) is 11.6. The summed E-state index contributed by atoms with van der Waals surface area (Å²) >= 11 is 0. The van der Waals surface area contributed by atoms with Crippen molar-refractivity contribution >= 4 is 17.8 Å². The normalized spacial score (nSPS) is 12.7. The second-order valence-electron chi connectivity index (χ2n) is 5.47. The lowest BCUT2D eigenvalue weighted by atomic mass is 9.80. The third-order valence-electron chi connectivity index (χ3n) is 2.51. The summed E-state index contributed by atoms with van der Waals surface area (Å²) in [4.78, 5) is 35.5. The maximum absolute atomic E-state index is 11.8. The van der Waals surface area contributed by atoms with Gasteiger partial charge in [0.25, 0.3) is 0 Å². The Kier molecular flexibility index (Phi) is 5.81. The number of hydrogen-bond acceptors (Lipinski definition) is 3. The first-order valence-electron chi connectivity index (χ1n) is 5.78. The topological polar surface area (TPSA) is 86.7 Å². The predicted molar refractivity (Wildman–Crippen MR) is 66.9 cm³/mol. The summed E-state index contributed by atoms with van der Waals surface area (Å²) in [5.41, 5.74) is -0.665. The molecule has 0 fully saturated rings. The molecule has 1 atom stereocenters. The third-order valence-corrected chi connectivity index (χ3v) is 2.51. The van der Waals surface area contributed by atoms with Crippen LogP contribution in [0.2, 0.25) is 0 Å². The summed E-state index contributed by atoms with van der Waals surface area (Å²) in [6.45, 7) is 5.22. The zero-order chi connectivity index (χ0) is 14.5. The van der Waals surface area contributed by atoms with Crippen molar-refractivity contribution in [2.75, 3.05) is 20.6 Å². The number of carbonyl (C=O) groups excluding carboxylic acids is 2. The Morgan fingerprint density at radius 2 is 1.72 bits per heavy atom. The van der Waals surface area contributed by atoms with E-state index in [2.05, 4.69) is 5.32 Å². The van der Waals surface area contributed by atoms with Crippen LogP contribution in [-0.2, 0) is 14.4 Å². The van der Waals surface area contributed by atoms with Gasteiger partial charge in [-0.2, -0.15) is 0 Å². The highest BCUT2D eigenvalue weighted by Crippen LogP contribution is 2.26. The first kappa shape index (κ1) is 16.4. The smallest absolute Gasteiger partial charge is 0.316 e. The maximum atomic E-state index is 11.8. The van der Waals surface area contributed by atoms with Gasteiger partial charge >= 0.3 is 5.97 Å². The highest BCUT2D eigenvalue weighted by atomic mass is 16.4. The first-order chi connectivity index (χ1) is 8.07. The molecule has 0 bridgehead atoms. The molecule has 0 aromatic rings. The molecule has 2 amide bonds. The molecule has 0 rings (SSSR count). The third kappa shape index (κ3) is 5.16. The summed E-state index contributed by atoms with van der Waals surface area (Å²) in [6.07, 6.45) is 0.162. The van der Waals surface area contributed by atoms with Gasteiger partial charge in [-0.25, -0.2) is 0 Å². The largest absolute Gasteiger partial charge is 0.481 e. The molecule has 6 nitrogen and oxygen atoms in total. The van der Waals surface area contributed by atoms with Gasteiger partial charge in [-0.3, -0.25) is 14.4 Å². The number of aliphatic carboxylic acids is 1. The number of carbonyl (C=O) groups is 3. The second kappa shape index (κ2) is 6.37. The minimum Gasteiger partial charge on any atom is -0.481 e. The van der Waals surface area contributed by atoms with Gasteiger partial charge in [0.1, 0.15) is 5.92 Å². The van der Waals surface area contributed by atoms with Crippen molar-refractivity contribution in [3.8, 4) is 0 Å². The van der Waals surface area contributed by atoms with Crippen LogP contribution in [0, 0.1) is 11.3 Å². The summed E-state index contributed by atoms with van der Waals surface area (Å²) in [5.74, 6) is -2.94. The van der Waals surface area contributed by atoms with Crippen LogP contribution in [0.4, 0.5) is 0 Å². The van der Waals surface area contributed by atoms with Crippen molar-refractivity contribution in [1.82, 2.24) is 10.2 Å². The number of nitrogens with one attached hydrogen (secondary N) is 1. The van der Waals surface area contributed by atoms with E-state index in [-0.39, 0.29) is 18.9 Å². The summed E-state index contributed by atoms with van der Waals surface area (Å²) in [7, 11) is 3.25. The predicted octanol–water partition coefficient (Wildman–Crippen LogP) is 0.328. The average molecular weight is 258 g/mol. The van der Waals surface area contributed by atoms with Gasteiger partial charge < -0.3 is 15.3 Å². The van der Waals surface area contributed by atoms with E-state index in [0.717, 1.165) is 0 Å². The van der Waals surface area contributed by atoms with Gasteiger partial charge in [0.2, 0.25) is 11.8 Å². The fourth-order valence-electron chi connectivity index (χ4n) is 1.49. The quantitative estimate of drug-likeness (QED) is 0.696. The monoisotopic (exact) mass is 258 g/mol. The fourth-order valence-corrected chi connectivity index (χ4v) is 1.49. The van der Waals surface area contributed by atoms with Gasteiger partial charge in [-0.15, -0.1) is 0 Å². The number of carboxylic acid groups (broad SMARTS) is 1. The minimum absolute atomic E-state index is 0.113. The molecule has 0 aromatic carbocycles. The van der Waals surface area contributed by atoms with Crippen LogP contribution >= 0.6 is 0 Å². The Morgan fingerprint density at radius 3 is 2.06 bits per heavy atom. The van der Waals surface area contributed by atoms with Crippen molar-refractivity contribution in [3.63, 3.8) is 0 Å². The molecule has 6 heteroatoms. The lowest BCUT2D eigenvalue weighted by Crippen LogP contribution is -2.43. The van der Waals surface area contributed by atoms with Crippen LogP contribution in [-0.4, -0.2) is 48.4 Å². The molecule has 0 radical (unpaired) electrons. The molecule has 0 heterocycles. The zero-order valence-electron chi connectivity index (χ0n) is 11.6. The number of carboxylic acids is 1. The Balaban J connectivity index is 4.39. The van der Waals surface area contributed by atoms with Crippen LogP contribution in [0.25, 0.3) is 0 Å². The fraction of sp³-hybridized carbons (Fsp3) is 0.750. The van der Waals surface area contributed by atoms with Crippen molar-refractivity contribution in [1.29, 1.82) is 0 Å². The Labute approximate surface area is 107 Å². The number of hydrogen-bond donors (Lipinski definition) is 2. The van der Waals surface area contributed by atoms with E-state index >= 15 is 0 Å². The van der Waals surface area contributed by atoms with Gasteiger partial charge in [-0.05, 0) is 5.41 Å². The Bertz CT molecular complexity index is 331. The molecule has 0 spiro atoms. The molecule has 0 saturated carbocycles. The lowest BCUT2D eigenvalue weighted by Gasteiger charge is -2.25. The highest BCUT2D eigenvalue weighted by Gasteiger charge is 2.37. The first-order valence-corrected chi connectivity index (χ1v) is 5.78. The van der Waals surface area contributed by atoms with Gasteiger partial charge in [0.15, 0.2) is 0 Å². The molecule has 0 aliphatic heterocycles. The molecule has 0 aliphatic carbocycles. The molecule has 0 aliphatic rings. The van der Waals surface area contributed by atoms with E-state index in [0.29, 0.717) is 0 Å². The van der Waals surface area contributed by atoms with E-state index in [9.17, 15) is 14.4 Å². The lowest BCUT2D eigenvalue weighted by molar-refractivity contribution is -0.151. The van der Waals surface area contributed by atoms with E-state index in [4.69, 9.17) is 5.11 Å². The standard InChI is InChI=1S/C12H22N2O4/c1-12(2,3)9(11(17)18)10(16)13-7-6-8(15)14(4)5/h9H,6-7H2,1-5H3,(H,13,16)(H,17,18). The SMILES string of the molecule is CN(C)C(=O)CCNC(=O)C(C(=O)O)C(C)(C)C. The van der Waals surface area contributed by atoms with E-state index < -0.39 is 23.2 Å². The van der Waals surface area contributed by atoms with E-state index in [1.807, 2.05) is 0 Å². The Hall–Kier alpha value is -1.59. The van der Waals surface area contributed by atoms with Crippen LogP contribution in [0.1, 0.15) is 27.2 Å². The summed E-state index contributed by atoms with van der Waals surface area (Å²) in [5, 5.41) is 11.5. The van der Waals surface area contributed by atoms with Crippen molar-refractivity contribution in [2.45, 2.75) is 27.2 Å². The van der Waals surface area contributed by atoms with Crippen molar-refractivity contribution < 1.29 is 19.5 Å². The van der Waals surface area contributed by atoms with Crippen molar-refractivity contribution in [2.24, 2.45) is 11.3 Å². The minimum atomic E-state index is -1.15. The van der Waals surface area contributed by atoms with Crippen LogP contribution in [0.5, 0.6) is 0 Å². The molecule has 1 unspecified atom stereocenters. The number of amides is 2. The molecular formula is C12H22N2O4. The molecular weight excluding hydrogens is 236 g/mol. The molecule has 2 N–H and O–H groups in total. The Morgan fingerprint density at radius 1 is 1.22 bits per heavy atom.